The summed E-state index contributed by atoms with van der Waals surface area (Å²) < 4.78 is 42.2. The summed E-state index contributed by atoms with van der Waals surface area (Å²) in [5.41, 5.74) is 1.02. The highest BCUT2D eigenvalue weighted by Crippen LogP contribution is 2.40. The number of carbonyl (C=O) groups excluding carboxylic acids is 1. The number of nitrogens with zero attached hydrogens (tertiary/aromatic N) is 2. The van der Waals surface area contributed by atoms with Crippen LogP contribution in [-0.4, -0.2) is 78.9 Å². The molecule has 3 saturated heterocycles. The molecule has 1 aromatic rings. The first-order valence-corrected chi connectivity index (χ1v) is 9.10. The third-order valence-electron chi connectivity index (χ3n) is 5.39. The Morgan fingerprint density at radius 1 is 1.29 bits per heavy atom. The number of aliphatic carboxylic acids is 1. The van der Waals surface area contributed by atoms with Crippen LogP contribution in [0.15, 0.2) is 23.0 Å². The van der Waals surface area contributed by atoms with Crippen molar-refractivity contribution in [1.29, 1.82) is 0 Å². The van der Waals surface area contributed by atoms with Gasteiger partial charge >= 0.3 is 12.1 Å². The Labute approximate surface area is 160 Å². The first-order chi connectivity index (χ1) is 13.2. The molecule has 156 valence electrons. The van der Waals surface area contributed by atoms with Crippen molar-refractivity contribution in [3.8, 4) is 0 Å². The second-order valence-electron chi connectivity index (χ2n) is 7.69. The number of furan rings is 1. The summed E-state index contributed by atoms with van der Waals surface area (Å²) in [5, 5.41) is 7.12. The zero-order chi connectivity index (χ0) is 20.4. The molecule has 0 aromatic carbocycles. The molecule has 7 nitrogen and oxygen atoms in total. The van der Waals surface area contributed by atoms with Gasteiger partial charge in [0.1, 0.15) is 6.26 Å². The maximum Gasteiger partial charge on any atom is 0.490 e. The largest absolute Gasteiger partial charge is 0.490 e. The molecule has 1 amide bonds. The van der Waals surface area contributed by atoms with Crippen molar-refractivity contribution in [2.24, 2.45) is 11.3 Å². The third-order valence-corrected chi connectivity index (χ3v) is 5.39. The van der Waals surface area contributed by atoms with Gasteiger partial charge in [-0.05, 0) is 24.8 Å². The van der Waals surface area contributed by atoms with E-state index in [-0.39, 0.29) is 5.91 Å². The molecule has 4 heterocycles. The van der Waals surface area contributed by atoms with Crippen molar-refractivity contribution in [2.45, 2.75) is 19.0 Å². The molecular weight excluding hydrogens is 381 g/mol. The summed E-state index contributed by atoms with van der Waals surface area (Å²) >= 11 is 0. The first kappa shape index (κ1) is 20.7. The lowest BCUT2D eigenvalue weighted by Gasteiger charge is -2.48. The summed E-state index contributed by atoms with van der Waals surface area (Å²) in [6, 6.07) is 1.75. The van der Waals surface area contributed by atoms with Gasteiger partial charge in [0.05, 0.1) is 18.4 Å². The van der Waals surface area contributed by atoms with E-state index in [1.165, 1.54) is 6.42 Å². The number of carboxylic acids is 1. The average molecular weight is 404 g/mol. The molecule has 0 bridgehead atoms. The van der Waals surface area contributed by atoms with Crippen LogP contribution < -0.4 is 0 Å². The van der Waals surface area contributed by atoms with Crippen molar-refractivity contribution in [3.05, 3.63) is 24.2 Å². The molecule has 28 heavy (non-hydrogen) atoms. The zero-order valence-corrected chi connectivity index (χ0v) is 15.3. The van der Waals surface area contributed by atoms with Crippen LogP contribution in [0.3, 0.4) is 0 Å². The maximum absolute atomic E-state index is 12.3. The van der Waals surface area contributed by atoms with E-state index in [0.29, 0.717) is 16.9 Å². The summed E-state index contributed by atoms with van der Waals surface area (Å²) in [6.45, 7) is 7.07. The van der Waals surface area contributed by atoms with E-state index in [1.54, 1.807) is 18.6 Å². The van der Waals surface area contributed by atoms with E-state index >= 15 is 0 Å². The summed E-state index contributed by atoms with van der Waals surface area (Å²) in [4.78, 5) is 25.7. The number of likely N-dealkylation sites (tertiary alicyclic amines) is 2. The molecule has 1 aromatic heterocycles. The standard InChI is InChI=1S/C16H22N2O3.C2HF3O2/c19-15(14-2-6-21-9-14)18-4-3-16(12-18)10-17(11-16)7-13-1-5-20-8-13;3-2(4,5)1(6)7/h2,6,9,13H,1,3-5,7-8,10-12H2;(H,6,7). The lowest BCUT2D eigenvalue weighted by atomic mass is 9.78. The van der Waals surface area contributed by atoms with E-state index in [2.05, 4.69) is 4.90 Å². The fraction of sp³-hybridized carbons (Fsp3) is 0.667. The van der Waals surface area contributed by atoms with Gasteiger partial charge in [-0.25, -0.2) is 4.79 Å². The fourth-order valence-corrected chi connectivity index (χ4v) is 4.06. The van der Waals surface area contributed by atoms with E-state index in [4.69, 9.17) is 19.1 Å². The number of rotatable bonds is 3. The predicted molar refractivity (Wildman–Crippen MR) is 90.7 cm³/mol. The van der Waals surface area contributed by atoms with Crippen LogP contribution >= 0.6 is 0 Å². The minimum Gasteiger partial charge on any atom is -0.475 e. The normalized spacial score (nSPS) is 24.0. The molecule has 1 unspecified atom stereocenters. The van der Waals surface area contributed by atoms with Crippen molar-refractivity contribution in [1.82, 2.24) is 9.80 Å². The topological polar surface area (TPSA) is 83.2 Å². The van der Waals surface area contributed by atoms with E-state index < -0.39 is 12.1 Å². The van der Waals surface area contributed by atoms with Gasteiger partial charge in [0.15, 0.2) is 0 Å². The fourth-order valence-electron chi connectivity index (χ4n) is 4.06. The quantitative estimate of drug-likeness (QED) is 0.831. The third kappa shape index (κ3) is 4.85. The molecule has 0 radical (unpaired) electrons. The van der Waals surface area contributed by atoms with Crippen LogP contribution in [0.5, 0.6) is 0 Å². The Morgan fingerprint density at radius 2 is 2.00 bits per heavy atom. The zero-order valence-electron chi connectivity index (χ0n) is 15.3. The number of hydrogen-bond donors (Lipinski definition) is 1. The van der Waals surface area contributed by atoms with Gasteiger partial charge in [-0.1, -0.05) is 0 Å². The number of hydrogen-bond acceptors (Lipinski definition) is 5. The van der Waals surface area contributed by atoms with Crippen LogP contribution in [-0.2, 0) is 9.53 Å². The molecule has 1 spiro atoms. The van der Waals surface area contributed by atoms with E-state index in [9.17, 15) is 18.0 Å². The van der Waals surface area contributed by atoms with Crippen molar-refractivity contribution < 1.29 is 37.0 Å². The number of carboxylic acid groups (broad SMARTS) is 1. The number of ether oxygens (including phenoxy) is 1. The van der Waals surface area contributed by atoms with Crippen LogP contribution in [0.25, 0.3) is 0 Å². The molecule has 3 fully saturated rings. The molecular formula is C18H23F3N2O5. The number of amides is 1. The Bertz CT molecular complexity index is 680. The predicted octanol–water partition coefficient (Wildman–Crippen LogP) is 2.10. The lowest BCUT2D eigenvalue weighted by Crippen LogP contribution is -2.58. The molecule has 3 aliphatic heterocycles. The molecule has 10 heteroatoms. The van der Waals surface area contributed by atoms with Gasteiger partial charge in [-0.2, -0.15) is 13.2 Å². The van der Waals surface area contributed by atoms with Crippen LogP contribution in [0.2, 0.25) is 0 Å². The van der Waals surface area contributed by atoms with E-state index in [0.717, 1.165) is 52.4 Å². The summed E-state index contributed by atoms with van der Waals surface area (Å²) in [7, 11) is 0. The highest BCUT2D eigenvalue weighted by atomic mass is 19.4. The Kier molecular flexibility index (Phi) is 5.99. The Morgan fingerprint density at radius 3 is 2.54 bits per heavy atom. The molecule has 1 atom stereocenters. The Hall–Kier alpha value is -2.07. The van der Waals surface area contributed by atoms with Gasteiger partial charge in [0, 0.05) is 44.7 Å². The SMILES string of the molecule is O=C(O)C(F)(F)F.O=C(c1ccoc1)N1CCC2(CN(CC3CCOC3)C2)C1. The highest BCUT2D eigenvalue weighted by molar-refractivity contribution is 5.94. The second-order valence-corrected chi connectivity index (χ2v) is 7.69. The van der Waals surface area contributed by atoms with Gasteiger partial charge in [0.2, 0.25) is 0 Å². The van der Waals surface area contributed by atoms with Crippen LogP contribution in [0.4, 0.5) is 13.2 Å². The first-order valence-electron chi connectivity index (χ1n) is 9.10. The Balaban J connectivity index is 0.000000279. The smallest absolute Gasteiger partial charge is 0.475 e. The minimum atomic E-state index is -5.08. The molecule has 1 N–H and O–H groups in total. The molecule has 4 rings (SSSR count). The average Bonchev–Trinajstić information content (AvgIpc) is 3.35. The number of halogens is 3. The van der Waals surface area contributed by atoms with Crippen molar-refractivity contribution >= 4 is 11.9 Å². The molecule has 0 saturated carbocycles. The minimum absolute atomic E-state index is 0.114. The number of alkyl halides is 3. The second kappa shape index (κ2) is 8.12. The van der Waals surface area contributed by atoms with Crippen molar-refractivity contribution in [3.63, 3.8) is 0 Å². The van der Waals surface area contributed by atoms with Crippen LogP contribution in [0, 0.1) is 11.3 Å². The molecule has 3 aliphatic rings. The number of carbonyl (C=O) groups is 2. The van der Waals surface area contributed by atoms with Crippen molar-refractivity contribution in [2.75, 3.05) is 45.9 Å². The van der Waals surface area contributed by atoms with E-state index in [1.807, 2.05) is 4.90 Å². The highest BCUT2D eigenvalue weighted by Gasteiger charge is 2.49. The maximum atomic E-state index is 12.3. The van der Waals surface area contributed by atoms with Gasteiger partial charge in [-0.15, -0.1) is 0 Å². The monoisotopic (exact) mass is 404 g/mol. The van der Waals surface area contributed by atoms with Gasteiger partial charge < -0.3 is 24.1 Å². The molecule has 0 aliphatic carbocycles. The summed E-state index contributed by atoms with van der Waals surface area (Å²) in [6.07, 6.45) is 0.358. The van der Waals surface area contributed by atoms with Gasteiger partial charge in [-0.3, -0.25) is 4.79 Å². The summed E-state index contributed by atoms with van der Waals surface area (Å²) in [5.74, 6) is -1.93. The van der Waals surface area contributed by atoms with Gasteiger partial charge in [0.25, 0.3) is 5.91 Å². The van der Waals surface area contributed by atoms with Crippen LogP contribution in [0.1, 0.15) is 23.2 Å². The lowest BCUT2D eigenvalue weighted by molar-refractivity contribution is -0.192.